The fourth-order valence-corrected chi connectivity index (χ4v) is 3.55. The van der Waals surface area contributed by atoms with Gasteiger partial charge in [0.05, 0.1) is 11.6 Å². The minimum Gasteiger partial charge on any atom is -0.374 e. The van der Waals surface area contributed by atoms with E-state index in [1.54, 1.807) is 6.07 Å². The van der Waals surface area contributed by atoms with E-state index in [4.69, 9.17) is 27.8 Å². The Balaban J connectivity index is 2.26. The van der Waals surface area contributed by atoms with Crippen LogP contribution in [0.15, 0.2) is 23.2 Å². The van der Waals surface area contributed by atoms with Gasteiger partial charge in [-0.25, -0.2) is 0 Å². The fourth-order valence-electron chi connectivity index (χ4n) is 3.35. The van der Waals surface area contributed by atoms with Crippen LogP contribution in [0.2, 0.25) is 5.02 Å². The molecule has 3 rings (SSSR count). The van der Waals surface area contributed by atoms with Gasteiger partial charge in [0.1, 0.15) is 5.69 Å². The number of aryl methyl sites for hydroxylation is 1. The van der Waals surface area contributed by atoms with Crippen LogP contribution in [0.1, 0.15) is 48.3 Å². The lowest BCUT2D eigenvalue weighted by molar-refractivity contribution is 0.0539. The largest absolute Gasteiger partial charge is 0.374 e. The number of aromatic nitrogens is 1. The molecule has 24 heavy (non-hydrogen) atoms. The number of carbonyl (C=O) groups excluding carboxylic acids is 1. The van der Waals surface area contributed by atoms with Crippen molar-refractivity contribution in [2.24, 2.45) is 16.5 Å². The molecular formula is C17H21ClN4O2. The Hall–Kier alpha value is -2.05. The summed E-state index contributed by atoms with van der Waals surface area (Å²) in [6.45, 7) is 3.34. The molecule has 7 heteroatoms. The number of carbonyl (C=O) groups is 1. The van der Waals surface area contributed by atoms with E-state index in [2.05, 4.69) is 4.99 Å². The standard InChI is InChI=1S/C17H21ClN4O2/c1-2-24-14-5-3-4-8-22-13(16(23)21-17(19)20)9-11-12(18)7-6-10(14)15(11)22/h6-7,9,14H,2-5,8H2,1H3,(H4,19,20,21,23). The van der Waals surface area contributed by atoms with E-state index in [1.807, 2.05) is 23.6 Å². The first-order chi connectivity index (χ1) is 11.5. The maximum Gasteiger partial charge on any atom is 0.296 e. The van der Waals surface area contributed by atoms with Crippen molar-refractivity contribution in [2.45, 2.75) is 38.8 Å². The second kappa shape index (κ2) is 6.83. The van der Waals surface area contributed by atoms with Gasteiger partial charge in [0.2, 0.25) is 0 Å². The highest BCUT2D eigenvalue weighted by atomic mass is 35.5. The molecule has 0 radical (unpaired) electrons. The smallest absolute Gasteiger partial charge is 0.296 e. The number of ether oxygens (including phenoxy) is 1. The van der Waals surface area contributed by atoms with E-state index >= 15 is 0 Å². The highest BCUT2D eigenvalue weighted by Crippen LogP contribution is 2.37. The van der Waals surface area contributed by atoms with Crippen molar-refractivity contribution in [1.29, 1.82) is 0 Å². The molecule has 1 aliphatic heterocycles. The second-order valence-corrected chi connectivity index (χ2v) is 6.27. The lowest BCUT2D eigenvalue weighted by Crippen LogP contribution is -2.25. The monoisotopic (exact) mass is 348 g/mol. The van der Waals surface area contributed by atoms with E-state index in [9.17, 15) is 4.79 Å². The van der Waals surface area contributed by atoms with Crippen molar-refractivity contribution in [1.82, 2.24) is 4.57 Å². The molecule has 6 nitrogen and oxygen atoms in total. The van der Waals surface area contributed by atoms with Crippen molar-refractivity contribution in [3.05, 3.63) is 34.5 Å². The molecule has 1 atom stereocenters. The molecule has 0 bridgehead atoms. The highest BCUT2D eigenvalue weighted by Gasteiger charge is 2.24. The molecule has 1 amide bonds. The molecule has 2 heterocycles. The van der Waals surface area contributed by atoms with Crippen LogP contribution >= 0.6 is 11.6 Å². The van der Waals surface area contributed by atoms with Gasteiger partial charge in [-0.3, -0.25) is 4.79 Å². The Bertz CT molecular complexity index is 809. The van der Waals surface area contributed by atoms with Gasteiger partial charge in [0.15, 0.2) is 5.96 Å². The van der Waals surface area contributed by atoms with Gasteiger partial charge in [0, 0.05) is 29.1 Å². The molecule has 1 aromatic heterocycles. The SMILES string of the molecule is CCOC1CCCCn2c(C(=O)N=C(N)N)cc3c(Cl)ccc1c32. The van der Waals surface area contributed by atoms with E-state index < -0.39 is 5.91 Å². The van der Waals surface area contributed by atoms with Crippen LogP contribution in [0.4, 0.5) is 0 Å². The van der Waals surface area contributed by atoms with Crippen molar-refractivity contribution >= 4 is 34.4 Å². The number of nitrogens with two attached hydrogens (primary N) is 2. The van der Waals surface area contributed by atoms with Crippen molar-refractivity contribution in [3.63, 3.8) is 0 Å². The molecule has 128 valence electrons. The molecule has 0 fully saturated rings. The minimum absolute atomic E-state index is 0.00486. The summed E-state index contributed by atoms with van der Waals surface area (Å²) in [5, 5.41) is 1.43. The average Bonchev–Trinajstić information content (AvgIpc) is 2.89. The van der Waals surface area contributed by atoms with Crippen LogP contribution in [0.25, 0.3) is 10.9 Å². The third-order valence-corrected chi connectivity index (χ3v) is 4.63. The normalized spacial score (nSPS) is 17.3. The van der Waals surface area contributed by atoms with E-state index in [0.717, 1.165) is 42.3 Å². The number of amides is 1. The average molecular weight is 349 g/mol. The Labute approximate surface area is 145 Å². The number of nitrogens with zero attached hydrogens (tertiary/aromatic N) is 2. The number of hydrogen-bond acceptors (Lipinski definition) is 2. The fraction of sp³-hybridized carbons (Fsp3) is 0.412. The molecule has 1 unspecified atom stereocenters. The quantitative estimate of drug-likeness (QED) is 0.658. The maximum absolute atomic E-state index is 12.4. The summed E-state index contributed by atoms with van der Waals surface area (Å²) in [6, 6.07) is 5.61. The zero-order valence-electron chi connectivity index (χ0n) is 13.6. The Morgan fingerprint density at radius 3 is 2.92 bits per heavy atom. The summed E-state index contributed by atoms with van der Waals surface area (Å²) in [4.78, 5) is 16.1. The van der Waals surface area contributed by atoms with E-state index in [1.165, 1.54) is 0 Å². The summed E-state index contributed by atoms with van der Waals surface area (Å²) in [7, 11) is 0. The predicted octanol–water partition coefficient (Wildman–Crippen LogP) is 2.97. The van der Waals surface area contributed by atoms with Crippen LogP contribution in [0.5, 0.6) is 0 Å². The third-order valence-electron chi connectivity index (χ3n) is 4.30. The van der Waals surface area contributed by atoms with Gasteiger partial charge < -0.3 is 20.8 Å². The summed E-state index contributed by atoms with van der Waals surface area (Å²) in [5.41, 5.74) is 13.2. The first-order valence-corrected chi connectivity index (χ1v) is 8.48. The lowest BCUT2D eigenvalue weighted by atomic mass is 9.99. The van der Waals surface area contributed by atoms with Crippen molar-refractivity contribution in [3.8, 4) is 0 Å². The van der Waals surface area contributed by atoms with Gasteiger partial charge in [-0.15, -0.1) is 0 Å². The van der Waals surface area contributed by atoms with Crippen molar-refractivity contribution in [2.75, 3.05) is 6.61 Å². The molecule has 4 N–H and O–H groups in total. The molecule has 0 spiro atoms. The molecule has 0 aliphatic carbocycles. The third kappa shape index (κ3) is 2.99. The Morgan fingerprint density at radius 2 is 2.21 bits per heavy atom. The molecular weight excluding hydrogens is 328 g/mol. The molecule has 1 aromatic carbocycles. The molecule has 1 aliphatic rings. The van der Waals surface area contributed by atoms with Gasteiger partial charge in [0.25, 0.3) is 5.91 Å². The summed E-state index contributed by atoms with van der Waals surface area (Å²) in [5.74, 6) is -0.704. The summed E-state index contributed by atoms with van der Waals surface area (Å²) >= 11 is 6.37. The molecule has 2 aromatic rings. The van der Waals surface area contributed by atoms with Gasteiger partial charge in [-0.05, 0) is 38.3 Å². The van der Waals surface area contributed by atoms with Gasteiger partial charge in [-0.1, -0.05) is 17.7 Å². The summed E-state index contributed by atoms with van der Waals surface area (Å²) in [6.07, 6.45) is 2.91. The molecule has 0 saturated carbocycles. The number of aliphatic imine (C=N–C) groups is 1. The van der Waals surface area contributed by atoms with Crippen LogP contribution in [0.3, 0.4) is 0 Å². The van der Waals surface area contributed by atoms with E-state index in [-0.39, 0.29) is 12.1 Å². The maximum atomic E-state index is 12.4. The second-order valence-electron chi connectivity index (χ2n) is 5.86. The van der Waals surface area contributed by atoms with E-state index in [0.29, 0.717) is 17.3 Å². The van der Waals surface area contributed by atoms with Crippen LogP contribution in [-0.2, 0) is 11.3 Å². The number of benzene rings is 1. The van der Waals surface area contributed by atoms with Crippen LogP contribution in [-0.4, -0.2) is 23.0 Å². The predicted molar refractivity (Wildman–Crippen MR) is 95.3 cm³/mol. The first-order valence-electron chi connectivity index (χ1n) is 8.10. The van der Waals surface area contributed by atoms with Crippen LogP contribution in [0, 0.1) is 0 Å². The number of guanidine groups is 1. The van der Waals surface area contributed by atoms with Crippen LogP contribution < -0.4 is 11.5 Å². The van der Waals surface area contributed by atoms with Gasteiger partial charge in [-0.2, -0.15) is 4.99 Å². The minimum atomic E-state index is -0.457. The topological polar surface area (TPSA) is 95.6 Å². The Kier molecular flexibility index (Phi) is 4.78. The lowest BCUT2D eigenvalue weighted by Gasteiger charge is -2.23. The number of halogens is 1. The molecule has 0 saturated heterocycles. The summed E-state index contributed by atoms with van der Waals surface area (Å²) < 4.78 is 7.90. The van der Waals surface area contributed by atoms with Crippen molar-refractivity contribution < 1.29 is 9.53 Å². The highest BCUT2D eigenvalue weighted by molar-refractivity contribution is 6.35. The van der Waals surface area contributed by atoms with Gasteiger partial charge >= 0.3 is 0 Å². The Morgan fingerprint density at radius 1 is 1.42 bits per heavy atom. The number of hydrogen-bond donors (Lipinski definition) is 2. The zero-order valence-corrected chi connectivity index (χ0v) is 14.3. The number of rotatable bonds is 3. The zero-order chi connectivity index (χ0) is 17.3. The first kappa shape index (κ1) is 16.8.